The molecule has 1 N–H and O–H groups in total. The standard InChI is InChI=1S/C16H18N2O4/c1-4-7-18-15(19)12(16(20)21)9-13(17-18)11-5-6-14(22-3)10(2)8-11/h5-6,8-9H,4,7H2,1-3H3,(H,20,21). The minimum atomic E-state index is -1.25. The highest BCUT2D eigenvalue weighted by Gasteiger charge is 2.15. The maximum atomic E-state index is 12.1. The number of nitrogens with zero attached hydrogens (tertiary/aromatic N) is 2. The Balaban J connectivity index is 2.62. The summed E-state index contributed by atoms with van der Waals surface area (Å²) in [6, 6.07) is 6.76. The topological polar surface area (TPSA) is 81.4 Å². The number of carboxylic acid groups (broad SMARTS) is 1. The van der Waals surface area contributed by atoms with E-state index in [2.05, 4.69) is 5.10 Å². The number of aryl methyl sites for hydroxylation is 2. The van der Waals surface area contributed by atoms with Gasteiger partial charge in [-0.1, -0.05) is 6.92 Å². The molecule has 2 rings (SSSR count). The molecule has 2 aromatic rings. The molecule has 0 aliphatic carbocycles. The zero-order chi connectivity index (χ0) is 16.3. The largest absolute Gasteiger partial charge is 0.496 e. The molecule has 1 heterocycles. The molecule has 0 saturated carbocycles. The number of carboxylic acids is 1. The van der Waals surface area contributed by atoms with Crippen molar-refractivity contribution in [1.82, 2.24) is 9.78 Å². The summed E-state index contributed by atoms with van der Waals surface area (Å²) in [6.07, 6.45) is 0.692. The highest BCUT2D eigenvalue weighted by molar-refractivity contribution is 5.88. The molecule has 6 heteroatoms. The molecule has 6 nitrogen and oxygen atoms in total. The van der Waals surface area contributed by atoms with Crippen molar-refractivity contribution in [2.75, 3.05) is 7.11 Å². The van der Waals surface area contributed by atoms with Crippen molar-refractivity contribution >= 4 is 5.97 Å². The molecule has 0 aliphatic rings. The van der Waals surface area contributed by atoms with Gasteiger partial charge < -0.3 is 9.84 Å². The number of hydrogen-bond acceptors (Lipinski definition) is 4. The van der Waals surface area contributed by atoms with E-state index in [0.29, 0.717) is 18.7 Å². The van der Waals surface area contributed by atoms with Gasteiger partial charge in [0.1, 0.15) is 11.3 Å². The van der Waals surface area contributed by atoms with Crippen LogP contribution in [0.1, 0.15) is 29.3 Å². The third-order valence-corrected chi connectivity index (χ3v) is 3.33. The summed E-state index contributed by atoms with van der Waals surface area (Å²) in [4.78, 5) is 23.3. The second-order valence-corrected chi connectivity index (χ2v) is 4.96. The normalized spacial score (nSPS) is 10.5. The molecule has 22 heavy (non-hydrogen) atoms. The number of ether oxygens (including phenoxy) is 1. The van der Waals surface area contributed by atoms with E-state index in [-0.39, 0.29) is 5.56 Å². The zero-order valence-electron chi connectivity index (χ0n) is 12.8. The Morgan fingerprint density at radius 3 is 2.64 bits per heavy atom. The van der Waals surface area contributed by atoms with Crippen molar-refractivity contribution in [3.63, 3.8) is 0 Å². The van der Waals surface area contributed by atoms with E-state index >= 15 is 0 Å². The van der Waals surface area contributed by atoms with Gasteiger partial charge in [0.15, 0.2) is 0 Å². The molecule has 1 aromatic carbocycles. The second kappa shape index (κ2) is 6.43. The fourth-order valence-corrected chi connectivity index (χ4v) is 2.24. The van der Waals surface area contributed by atoms with E-state index in [1.54, 1.807) is 19.2 Å². The Bertz CT molecular complexity index is 765. The lowest BCUT2D eigenvalue weighted by Gasteiger charge is -2.10. The predicted molar refractivity (Wildman–Crippen MR) is 82.5 cm³/mol. The van der Waals surface area contributed by atoms with Crippen LogP contribution in [0.15, 0.2) is 29.1 Å². The number of aromatic nitrogens is 2. The molecular weight excluding hydrogens is 284 g/mol. The van der Waals surface area contributed by atoms with Crippen molar-refractivity contribution in [3.8, 4) is 17.0 Å². The molecule has 0 amide bonds. The monoisotopic (exact) mass is 302 g/mol. The fourth-order valence-electron chi connectivity index (χ4n) is 2.24. The van der Waals surface area contributed by atoms with E-state index in [1.165, 1.54) is 10.7 Å². The number of rotatable bonds is 5. The van der Waals surface area contributed by atoms with Gasteiger partial charge in [-0.05, 0) is 43.2 Å². The van der Waals surface area contributed by atoms with Crippen molar-refractivity contribution < 1.29 is 14.6 Å². The summed E-state index contributed by atoms with van der Waals surface area (Å²) in [5, 5.41) is 13.5. The summed E-state index contributed by atoms with van der Waals surface area (Å²) in [5.41, 5.74) is 1.25. The fraction of sp³-hybridized carbons (Fsp3) is 0.312. The van der Waals surface area contributed by atoms with Crippen molar-refractivity contribution in [2.24, 2.45) is 0 Å². The SMILES string of the molecule is CCCn1nc(-c2ccc(OC)c(C)c2)cc(C(=O)O)c1=O. The average Bonchev–Trinajstić information content (AvgIpc) is 2.49. The summed E-state index contributed by atoms with van der Waals surface area (Å²) in [5.74, 6) is -0.507. The lowest BCUT2D eigenvalue weighted by atomic mass is 10.1. The first kappa shape index (κ1) is 15.8. The van der Waals surface area contributed by atoms with E-state index < -0.39 is 11.5 Å². The third-order valence-electron chi connectivity index (χ3n) is 3.33. The Kier molecular flexibility index (Phi) is 4.60. The number of hydrogen-bond donors (Lipinski definition) is 1. The van der Waals surface area contributed by atoms with Crippen LogP contribution in [0, 0.1) is 6.92 Å². The van der Waals surface area contributed by atoms with E-state index in [0.717, 1.165) is 16.9 Å². The highest BCUT2D eigenvalue weighted by Crippen LogP contribution is 2.24. The van der Waals surface area contributed by atoms with Crippen molar-refractivity contribution in [2.45, 2.75) is 26.8 Å². The van der Waals surface area contributed by atoms with Crippen LogP contribution >= 0.6 is 0 Å². The summed E-state index contributed by atoms with van der Waals surface area (Å²) >= 11 is 0. The van der Waals surface area contributed by atoms with Crippen LogP contribution in [0.4, 0.5) is 0 Å². The van der Waals surface area contributed by atoms with E-state index in [4.69, 9.17) is 4.74 Å². The van der Waals surface area contributed by atoms with Gasteiger partial charge >= 0.3 is 5.97 Å². The molecular formula is C16H18N2O4. The molecule has 116 valence electrons. The molecule has 0 fully saturated rings. The minimum Gasteiger partial charge on any atom is -0.496 e. The minimum absolute atomic E-state index is 0.271. The van der Waals surface area contributed by atoms with Crippen LogP contribution in [-0.4, -0.2) is 28.0 Å². The number of benzene rings is 1. The van der Waals surface area contributed by atoms with Crippen LogP contribution in [0.5, 0.6) is 5.75 Å². The molecule has 0 saturated heterocycles. The molecule has 0 spiro atoms. The van der Waals surface area contributed by atoms with Crippen LogP contribution in [0.3, 0.4) is 0 Å². The van der Waals surface area contributed by atoms with Crippen LogP contribution < -0.4 is 10.3 Å². The quantitative estimate of drug-likeness (QED) is 0.916. The maximum absolute atomic E-state index is 12.1. The first-order valence-electron chi connectivity index (χ1n) is 6.98. The Hall–Kier alpha value is -2.63. The summed E-state index contributed by atoms with van der Waals surface area (Å²) < 4.78 is 6.42. The van der Waals surface area contributed by atoms with Crippen LogP contribution in [0.2, 0.25) is 0 Å². The number of carbonyl (C=O) groups is 1. The average molecular weight is 302 g/mol. The molecule has 0 bridgehead atoms. The van der Waals surface area contributed by atoms with Gasteiger partial charge in [0.2, 0.25) is 0 Å². The van der Waals surface area contributed by atoms with Gasteiger partial charge in [0.25, 0.3) is 5.56 Å². The van der Waals surface area contributed by atoms with Crippen molar-refractivity contribution in [3.05, 3.63) is 45.7 Å². The van der Waals surface area contributed by atoms with Crippen LogP contribution in [-0.2, 0) is 6.54 Å². The number of methoxy groups -OCH3 is 1. The first-order chi connectivity index (χ1) is 10.5. The lowest BCUT2D eigenvalue weighted by Crippen LogP contribution is -2.28. The summed E-state index contributed by atoms with van der Waals surface area (Å²) in [6.45, 7) is 4.17. The second-order valence-electron chi connectivity index (χ2n) is 4.96. The zero-order valence-corrected chi connectivity index (χ0v) is 12.8. The van der Waals surface area contributed by atoms with Gasteiger partial charge in [0, 0.05) is 12.1 Å². The molecule has 0 atom stereocenters. The Morgan fingerprint density at radius 1 is 1.36 bits per heavy atom. The van der Waals surface area contributed by atoms with Gasteiger partial charge in [-0.15, -0.1) is 0 Å². The molecule has 0 radical (unpaired) electrons. The Labute approximate surface area is 128 Å². The van der Waals surface area contributed by atoms with Crippen molar-refractivity contribution in [1.29, 1.82) is 0 Å². The van der Waals surface area contributed by atoms with E-state index in [9.17, 15) is 14.7 Å². The highest BCUT2D eigenvalue weighted by atomic mass is 16.5. The van der Waals surface area contributed by atoms with Crippen LogP contribution in [0.25, 0.3) is 11.3 Å². The van der Waals surface area contributed by atoms with Gasteiger partial charge in [-0.3, -0.25) is 4.79 Å². The van der Waals surface area contributed by atoms with Gasteiger partial charge in [-0.25, -0.2) is 9.48 Å². The Morgan fingerprint density at radius 2 is 2.09 bits per heavy atom. The lowest BCUT2D eigenvalue weighted by molar-refractivity contribution is 0.0693. The first-order valence-corrected chi connectivity index (χ1v) is 6.98. The molecule has 0 aliphatic heterocycles. The molecule has 1 aromatic heterocycles. The van der Waals surface area contributed by atoms with E-state index in [1.807, 2.05) is 19.9 Å². The molecule has 0 unspecified atom stereocenters. The smallest absolute Gasteiger partial charge is 0.341 e. The summed E-state index contributed by atoms with van der Waals surface area (Å²) in [7, 11) is 1.59. The van der Waals surface area contributed by atoms with Gasteiger partial charge in [-0.2, -0.15) is 5.10 Å². The number of aromatic carboxylic acids is 1. The third kappa shape index (κ3) is 3.00. The predicted octanol–water partition coefficient (Wildman–Crippen LogP) is 2.34. The maximum Gasteiger partial charge on any atom is 0.341 e. The van der Waals surface area contributed by atoms with Gasteiger partial charge in [0.05, 0.1) is 12.8 Å².